The first kappa shape index (κ1) is 29.5. The number of hydrogen-bond donors (Lipinski definition) is 0. The van der Waals surface area contributed by atoms with Gasteiger partial charge in [-0.2, -0.15) is 0 Å². The monoisotopic (exact) mass is 639 g/mol. The van der Waals surface area contributed by atoms with Crippen molar-refractivity contribution < 1.29 is 4.42 Å². The van der Waals surface area contributed by atoms with Crippen LogP contribution in [0.1, 0.15) is 0 Å². The fourth-order valence-corrected chi connectivity index (χ4v) is 7.07. The van der Waals surface area contributed by atoms with E-state index in [1.165, 1.54) is 38.9 Å². The molecule has 50 heavy (non-hydrogen) atoms. The third-order valence-corrected chi connectivity index (χ3v) is 9.51. The normalized spacial score (nSPS) is 11.2. The standard InChI is InChI=1S/C48H33NO/c1-4-12-34(13-5-1)36-20-26-40(27-21-36)49(41-28-22-37(23-29-41)35-14-6-2-7-15-35)42-30-24-39(25-31-42)47-43(38-16-8-3-9-17-38)32-33-46-48(47)44-18-10-11-19-45(44)50-46/h1-33H. The van der Waals surface area contributed by atoms with Crippen LogP contribution in [0.4, 0.5) is 17.1 Å². The number of hydrogen-bond acceptors (Lipinski definition) is 2. The summed E-state index contributed by atoms with van der Waals surface area (Å²) in [6, 6.07) is 71.0. The van der Waals surface area contributed by atoms with Crippen molar-refractivity contribution in [3.63, 3.8) is 0 Å². The lowest BCUT2D eigenvalue weighted by Gasteiger charge is -2.26. The molecule has 0 bridgehead atoms. The molecule has 1 heterocycles. The van der Waals surface area contributed by atoms with E-state index in [0.717, 1.165) is 44.6 Å². The number of nitrogens with zero attached hydrogens (tertiary/aromatic N) is 1. The average Bonchev–Trinajstić information content (AvgIpc) is 3.58. The van der Waals surface area contributed by atoms with E-state index in [1.54, 1.807) is 0 Å². The highest BCUT2D eigenvalue weighted by Crippen LogP contribution is 2.44. The van der Waals surface area contributed by atoms with Crippen LogP contribution < -0.4 is 4.90 Å². The van der Waals surface area contributed by atoms with E-state index in [-0.39, 0.29) is 0 Å². The Hall–Kier alpha value is -6.64. The minimum Gasteiger partial charge on any atom is -0.456 e. The van der Waals surface area contributed by atoms with Crippen LogP contribution in [0, 0.1) is 0 Å². The molecular formula is C48H33NO. The summed E-state index contributed by atoms with van der Waals surface area (Å²) in [6.45, 7) is 0. The molecule has 0 saturated heterocycles. The van der Waals surface area contributed by atoms with Gasteiger partial charge in [0.05, 0.1) is 0 Å². The fourth-order valence-electron chi connectivity index (χ4n) is 7.07. The molecule has 8 aromatic carbocycles. The van der Waals surface area contributed by atoms with Crippen molar-refractivity contribution in [3.8, 4) is 44.5 Å². The Balaban J connectivity index is 1.17. The van der Waals surface area contributed by atoms with Crippen LogP contribution in [0.5, 0.6) is 0 Å². The zero-order valence-electron chi connectivity index (χ0n) is 27.4. The molecule has 236 valence electrons. The fraction of sp³-hybridized carbons (Fsp3) is 0. The molecule has 0 aliphatic heterocycles. The second-order valence-corrected chi connectivity index (χ2v) is 12.5. The average molecular weight is 640 g/mol. The second kappa shape index (κ2) is 12.8. The first-order valence-electron chi connectivity index (χ1n) is 17.0. The van der Waals surface area contributed by atoms with Crippen molar-refractivity contribution in [1.82, 2.24) is 0 Å². The van der Waals surface area contributed by atoms with Crippen LogP contribution in [0.2, 0.25) is 0 Å². The molecule has 0 spiro atoms. The maximum absolute atomic E-state index is 6.36. The molecule has 2 nitrogen and oxygen atoms in total. The molecule has 0 aliphatic carbocycles. The van der Waals surface area contributed by atoms with Gasteiger partial charge in [0, 0.05) is 33.4 Å². The quantitative estimate of drug-likeness (QED) is 0.173. The lowest BCUT2D eigenvalue weighted by atomic mass is 9.90. The van der Waals surface area contributed by atoms with Gasteiger partial charge in [-0.25, -0.2) is 0 Å². The van der Waals surface area contributed by atoms with Gasteiger partial charge >= 0.3 is 0 Å². The van der Waals surface area contributed by atoms with Crippen molar-refractivity contribution in [2.45, 2.75) is 0 Å². The molecule has 1 aromatic heterocycles. The highest BCUT2D eigenvalue weighted by molar-refractivity contribution is 6.16. The summed E-state index contributed by atoms with van der Waals surface area (Å²) >= 11 is 0. The number of benzene rings is 8. The second-order valence-electron chi connectivity index (χ2n) is 12.5. The van der Waals surface area contributed by atoms with E-state index in [9.17, 15) is 0 Å². The number of anilines is 3. The largest absolute Gasteiger partial charge is 0.456 e. The van der Waals surface area contributed by atoms with Gasteiger partial charge in [-0.3, -0.25) is 0 Å². The van der Waals surface area contributed by atoms with Gasteiger partial charge in [-0.15, -0.1) is 0 Å². The smallest absolute Gasteiger partial charge is 0.136 e. The predicted octanol–water partition coefficient (Wildman–Crippen LogP) is 13.7. The van der Waals surface area contributed by atoms with Crippen molar-refractivity contribution in [3.05, 3.63) is 200 Å². The van der Waals surface area contributed by atoms with Crippen molar-refractivity contribution >= 4 is 39.0 Å². The summed E-state index contributed by atoms with van der Waals surface area (Å²) in [7, 11) is 0. The summed E-state index contributed by atoms with van der Waals surface area (Å²) < 4.78 is 6.36. The van der Waals surface area contributed by atoms with E-state index in [0.29, 0.717) is 0 Å². The predicted molar refractivity (Wildman–Crippen MR) is 210 cm³/mol. The van der Waals surface area contributed by atoms with Crippen LogP contribution in [-0.4, -0.2) is 0 Å². The summed E-state index contributed by atoms with van der Waals surface area (Å²) in [6.07, 6.45) is 0. The van der Waals surface area contributed by atoms with E-state index in [1.807, 2.05) is 6.07 Å². The highest BCUT2D eigenvalue weighted by Gasteiger charge is 2.19. The third-order valence-electron chi connectivity index (χ3n) is 9.51. The molecule has 2 heteroatoms. The minimum atomic E-state index is 0.892. The van der Waals surface area contributed by atoms with Crippen LogP contribution in [-0.2, 0) is 0 Å². The maximum atomic E-state index is 6.36. The topological polar surface area (TPSA) is 16.4 Å². The molecule has 0 amide bonds. The Morgan fingerprint density at radius 1 is 0.300 bits per heavy atom. The van der Waals surface area contributed by atoms with Crippen molar-refractivity contribution in [2.24, 2.45) is 0 Å². The molecule has 0 radical (unpaired) electrons. The summed E-state index contributed by atoms with van der Waals surface area (Å²) in [4.78, 5) is 2.33. The summed E-state index contributed by atoms with van der Waals surface area (Å²) in [5.41, 5.74) is 14.5. The molecule has 0 saturated carbocycles. The molecular weight excluding hydrogens is 607 g/mol. The molecule has 0 unspecified atom stereocenters. The van der Waals surface area contributed by atoms with Crippen LogP contribution in [0.25, 0.3) is 66.4 Å². The molecule has 0 fully saturated rings. The van der Waals surface area contributed by atoms with E-state index in [4.69, 9.17) is 4.42 Å². The van der Waals surface area contributed by atoms with Crippen molar-refractivity contribution in [2.75, 3.05) is 4.90 Å². The van der Waals surface area contributed by atoms with Gasteiger partial charge in [0.15, 0.2) is 0 Å². The molecule has 0 atom stereocenters. The number of para-hydroxylation sites is 1. The van der Waals surface area contributed by atoms with Crippen molar-refractivity contribution in [1.29, 1.82) is 0 Å². The van der Waals surface area contributed by atoms with Gasteiger partial charge in [0.25, 0.3) is 0 Å². The minimum absolute atomic E-state index is 0.892. The number of fused-ring (bicyclic) bond motifs is 3. The van der Waals surface area contributed by atoms with Gasteiger partial charge in [-0.05, 0) is 87.5 Å². The van der Waals surface area contributed by atoms with E-state index >= 15 is 0 Å². The van der Waals surface area contributed by atoms with Gasteiger partial charge < -0.3 is 9.32 Å². The number of furan rings is 1. The molecule has 9 rings (SSSR count). The molecule has 0 N–H and O–H groups in total. The van der Waals surface area contributed by atoms with Crippen LogP contribution >= 0.6 is 0 Å². The van der Waals surface area contributed by atoms with Gasteiger partial charge in [0.2, 0.25) is 0 Å². The summed E-state index contributed by atoms with van der Waals surface area (Å²) in [5.74, 6) is 0. The zero-order valence-corrected chi connectivity index (χ0v) is 27.4. The Kier molecular flexibility index (Phi) is 7.53. The first-order chi connectivity index (χ1) is 24.8. The lowest BCUT2D eigenvalue weighted by Crippen LogP contribution is -2.09. The zero-order chi connectivity index (χ0) is 33.3. The van der Waals surface area contributed by atoms with E-state index < -0.39 is 0 Å². The summed E-state index contributed by atoms with van der Waals surface area (Å²) in [5, 5.41) is 2.26. The Morgan fingerprint density at radius 2 is 0.720 bits per heavy atom. The van der Waals surface area contributed by atoms with Crippen LogP contribution in [0.3, 0.4) is 0 Å². The first-order valence-corrected chi connectivity index (χ1v) is 17.0. The Morgan fingerprint density at radius 3 is 1.24 bits per heavy atom. The lowest BCUT2D eigenvalue weighted by molar-refractivity contribution is 0.669. The Labute approximate surface area is 292 Å². The highest BCUT2D eigenvalue weighted by atomic mass is 16.3. The van der Waals surface area contributed by atoms with Gasteiger partial charge in [-0.1, -0.05) is 152 Å². The van der Waals surface area contributed by atoms with Gasteiger partial charge in [0.1, 0.15) is 11.2 Å². The maximum Gasteiger partial charge on any atom is 0.136 e. The SMILES string of the molecule is c1ccc(-c2ccc(N(c3ccc(-c4ccccc4)cc3)c3ccc(-c4c(-c5ccccc5)ccc5oc6ccccc6c45)cc3)cc2)cc1. The Bertz CT molecular complexity index is 2450. The number of rotatable bonds is 7. The third kappa shape index (κ3) is 5.43. The molecule has 0 aliphatic rings. The van der Waals surface area contributed by atoms with Crippen LogP contribution in [0.15, 0.2) is 205 Å². The van der Waals surface area contributed by atoms with E-state index in [2.05, 4.69) is 199 Å². The molecule has 9 aromatic rings.